The Morgan fingerprint density at radius 3 is 2.77 bits per heavy atom. The predicted molar refractivity (Wildman–Crippen MR) is 78.4 cm³/mol. The quantitative estimate of drug-likeness (QED) is 0.763. The van der Waals surface area contributed by atoms with Crippen molar-refractivity contribution >= 4 is 11.7 Å². The zero-order valence-electron chi connectivity index (χ0n) is 12.4. The molecule has 120 valence electrons. The van der Waals surface area contributed by atoms with E-state index < -0.39 is 5.97 Å². The third-order valence-electron chi connectivity index (χ3n) is 4.32. The molecule has 2 heterocycles. The van der Waals surface area contributed by atoms with E-state index in [0.717, 1.165) is 25.2 Å². The summed E-state index contributed by atoms with van der Waals surface area (Å²) < 4.78 is 11.0. The largest absolute Gasteiger partial charge is 0.477 e. The number of carbonyl (C=O) groups is 1. The lowest BCUT2D eigenvalue weighted by Gasteiger charge is -2.40. The molecule has 0 unspecified atom stereocenters. The lowest BCUT2D eigenvalue weighted by molar-refractivity contribution is 0.0687. The molecule has 1 aromatic rings. The lowest BCUT2D eigenvalue weighted by Crippen LogP contribution is -2.52. The second-order valence-electron chi connectivity index (χ2n) is 5.84. The number of hydrogen-bond acceptors (Lipinski definition) is 6. The molecule has 0 amide bonds. The van der Waals surface area contributed by atoms with Crippen LogP contribution in [0.3, 0.4) is 0 Å². The number of pyridine rings is 1. The van der Waals surface area contributed by atoms with Crippen molar-refractivity contribution < 1.29 is 24.5 Å². The second-order valence-corrected chi connectivity index (χ2v) is 5.84. The molecule has 7 nitrogen and oxygen atoms in total. The van der Waals surface area contributed by atoms with Crippen molar-refractivity contribution in [3.8, 4) is 5.88 Å². The molecule has 2 fully saturated rings. The van der Waals surface area contributed by atoms with Crippen LogP contribution in [-0.4, -0.2) is 60.7 Å². The Balaban J connectivity index is 1.72. The molecule has 1 aromatic heterocycles. The van der Waals surface area contributed by atoms with Crippen LogP contribution in [0, 0.1) is 11.8 Å². The predicted octanol–water partition coefficient (Wildman–Crippen LogP) is 0.622. The van der Waals surface area contributed by atoms with Gasteiger partial charge in [0.15, 0.2) is 5.69 Å². The zero-order valence-corrected chi connectivity index (χ0v) is 12.4. The van der Waals surface area contributed by atoms with E-state index in [0.29, 0.717) is 24.3 Å². The van der Waals surface area contributed by atoms with Gasteiger partial charge in [0.05, 0.1) is 12.7 Å². The summed E-state index contributed by atoms with van der Waals surface area (Å²) in [5.41, 5.74) is 0.761. The topological polar surface area (TPSA) is 92.1 Å². The standard InChI is InChI=1S/C15H20N2O5/c1-21-11-5-17(6-11)13-3-2-12(15(19)20)16-14(13)22-8-10-4-9(10)7-18/h2-3,9-11,18H,4-8H2,1H3,(H,19,20)/t9-,10-/m1/s1. The third-order valence-corrected chi connectivity index (χ3v) is 4.32. The van der Waals surface area contributed by atoms with Gasteiger partial charge in [0.2, 0.25) is 5.88 Å². The number of aromatic carboxylic acids is 1. The van der Waals surface area contributed by atoms with Crippen LogP contribution in [0.1, 0.15) is 16.9 Å². The molecule has 0 spiro atoms. The highest BCUT2D eigenvalue weighted by Crippen LogP contribution is 2.39. The first kappa shape index (κ1) is 15.1. The maximum atomic E-state index is 11.1. The number of ether oxygens (including phenoxy) is 2. The van der Waals surface area contributed by atoms with Gasteiger partial charge >= 0.3 is 5.97 Å². The molecule has 1 aliphatic heterocycles. The summed E-state index contributed by atoms with van der Waals surface area (Å²) in [7, 11) is 1.67. The molecule has 1 saturated heterocycles. The highest BCUT2D eigenvalue weighted by atomic mass is 16.5. The van der Waals surface area contributed by atoms with Crippen LogP contribution in [0.2, 0.25) is 0 Å². The van der Waals surface area contributed by atoms with Gasteiger partial charge in [-0.2, -0.15) is 0 Å². The fraction of sp³-hybridized carbons (Fsp3) is 0.600. The Hall–Kier alpha value is -1.86. The molecule has 1 aliphatic carbocycles. The molecule has 2 N–H and O–H groups in total. The molecule has 2 atom stereocenters. The maximum Gasteiger partial charge on any atom is 0.354 e. The second kappa shape index (κ2) is 6.10. The average Bonchev–Trinajstić information content (AvgIpc) is 3.23. The summed E-state index contributed by atoms with van der Waals surface area (Å²) in [6, 6.07) is 3.21. The molecular weight excluding hydrogens is 288 g/mol. The number of carboxylic acid groups (broad SMARTS) is 1. The highest BCUT2D eigenvalue weighted by molar-refractivity contribution is 5.86. The fourth-order valence-corrected chi connectivity index (χ4v) is 2.61. The minimum absolute atomic E-state index is 0.0305. The molecule has 0 radical (unpaired) electrons. The summed E-state index contributed by atoms with van der Waals surface area (Å²) in [5.74, 6) is -0.100. The Labute approximate surface area is 128 Å². The van der Waals surface area contributed by atoms with Crippen molar-refractivity contribution in [3.63, 3.8) is 0 Å². The van der Waals surface area contributed by atoms with Crippen LogP contribution in [0.4, 0.5) is 5.69 Å². The van der Waals surface area contributed by atoms with Gasteiger partial charge in [-0.1, -0.05) is 0 Å². The minimum atomic E-state index is -1.07. The van der Waals surface area contributed by atoms with Crippen molar-refractivity contribution in [3.05, 3.63) is 17.8 Å². The molecular formula is C15H20N2O5. The molecule has 0 aromatic carbocycles. The Morgan fingerprint density at radius 2 is 2.18 bits per heavy atom. The van der Waals surface area contributed by atoms with Crippen LogP contribution in [0.25, 0.3) is 0 Å². The SMILES string of the molecule is COC1CN(c2ccc(C(=O)O)nc2OC[C@H]2C[C@@H]2CO)C1. The van der Waals surface area contributed by atoms with Crippen LogP contribution >= 0.6 is 0 Å². The average molecular weight is 308 g/mol. The zero-order chi connectivity index (χ0) is 15.7. The maximum absolute atomic E-state index is 11.1. The summed E-state index contributed by atoms with van der Waals surface area (Å²) in [6.45, 7) is 2.11. The lowest BCUT2D eigenvalue weighted by atomic mass is 10.1. The van der Waals surface area contributed by atoms with Gasteiger partial charge in [-0.25, -0.2) is 9.78 Å². The van der Waals surface area contributed by atoms with Crippen molar-refractivity contribution in [2.45, 2.75) is 12.5 Å². The number of carboxylic acids is 1. The van der Waals surface area contributed by atoms with Gasteiger partial charge in [-0.15, -0.1) is 0 Å². The molecule has 2 aliphatic rings. The van der Waals surface area contributed by atoms with E-state index >= 15 is 0 Å². The van der Waals surface area contributed by atoms with Crippen LogP contribution in [0.5, 0.6) is 5.88 Å². The van der Waals surface area contributed by atoms with E-state index in [1.807, 2.05) is 0 Å². The number of hydrogen-bond donors (Lipinski definition) is 2. The number of rotatable bonds is 7. The summed E-state index contributed by atoms with van der Waals surface area (Å²) >= 11 is 0. The van der Waals surface area contributed by atoms with Gasteiger partial charge < -0.3 is 24.6 Å². The number of aliphatic hydroxyl groups is 1. The van der Waals surface area contributed by atoms with E-state index in [2.05, 4.69) is 9.88 Å². The van der Waals surface area contributed by atoms with Crippen LogP contribution in [0.15, 0.2) is 12.1 Å². The Bertz CT molecular complexity index is 559. The molecule has 1 saturated carbocycles. The number of aliphatic hydroxyl groups excluding tert-OH is 1. The Kier molecular flexibility index (Phi) is 4.17. The van der Waals surface area contributed by atoms with Gasteiger partial charge in [-0.05, 0) is 30.4 Å². The van der Waals surface area contributed by atoms with Crippen molar-refractivity contribution in [1.82, 2.24) is 4.98 Å². The van der Waals surface area contributed by atoms with Gasteiger partial charge in [0, 0.05) is 26.8 Å². The van der Waals surface area contributed by atoms with Crippen molar-refractivity contribution in [2.75, 3.05) is 38.3 Å². The Morgan fingerprint density at radius 1 is 1.41 bits per heavy atom. The van der Waals surface area contributed by atoms with Gasteiger partial charge in [0.1, 0.15) is 5.69 Å². The molecule has 3 rings (SSSR count). The number of methoxy groups -OCH3 is 1. The smallest absolute Gasteiger partial charge is 0.354 e. The van der Waals surface area contributed by atoms with E-state index in [9.17, 15) is 4.79 Å². The number of aromatic nitrogens is 1. The molecule has 0 bridgehead atoms. The fourth-order valence-electron chi connectivity index (χ4n) is 2.61. The van der Waals surface area contributed by atoms with E-state index in [4.69, 9.17) is 19.7 Å². The first-order valence-electron chi connectivity index (χ1n) is 7.38. The summed E-state index contributed by atoms with van der Waals surface area (Å²) in [6.07, 6.45) is 1.13. The normalized spacial score (nSPS) is 24.0. The van der Waals surface area contributed by atoms with Crippen molar-refractivity contribution in [2.24, 2.45) is 11.8 Å². The van der Waals surface area contributed by atoms with Crippen molar-refractivity contribution in [1.29, 1.82) is 0 Å². The third kappa shape index (κ3) is 3.00. The number of anilines is 1. The highest BCUT2D eigenvalue weighted by Gasteiger charge is 2.37. The van der Waals surface area contributed by atoms with Crippen LogP contribution in [-0.2, 0) is 4.74 Å². The van der Waals surface area contributed by atoms with Crippen LogP contribution < -0.4 is 9.64 Å². The number of nitrogens with zero attached hydrogens (tertiary/aromatic N) is 2. The molecule has 7 heteroatoms. The monoisotopic (exact) mass is 308 g/mol. The summed E-state index contributed by atoms with van der Waals surface area (Å²) in [5, 5.41) is 18.1. The van der Waals surface area contributed by atoms with E-state index in [1.165, 1.54) is 6.07 Å². The van der Waals surface area contributed by atoms with E-state index in [1.54, 1.807) is 13.2 Å². The molecule has 22 heavy (non-hydrogen) atoms. The summed E-state index contributed by atoms with van der Waals surface area (Å²) in [4.78, 5) is 17.2. The first-order chi connectivity index (χ1) is 10.6. The van der Waals surface area contributed by atoms with Gasteiger partial charge in [0.25, 0.3) is 0 Å². The van der Waals surface area contributed by atoms with Gasteiger partial charge in [-0.3, -0.25) is 0 Å². The van der Waals surface area contributed by atoms with E-state index in [-0.39, 0.29) is 18.4 Å². The first-order valence-corrected chi connectivity index (χ1v) is 7.38. The minimum Gasteiger partial charge on any atom is -0.477 e.